The molecule has 0 amide bonds. The zero-order valence-electron chi connectivity index (χ0n) is 11.8. The Morgan fingerprint density at radius 2 is 2.21 bits per heavy atom. The maximum Gasteiger partial charge on any atom is 0.340 e. The topological polar surface area (TPSA) is 115 Å². The molecule has 0 aliphatic carbocycles. The lowest BCUT2D eigenvalue weighted by Crippen LogP contribution is -2.13. The first-order valence-electron chi connectivity index (χ1n) is 6.53. The molecule has 122 valence electrons. The van der Waals surface area contributed by atoms with Gasteiger partial charge in [-0.15, -0.1) is 11.3 Å². The smallest absolute Gasteiger partial charge is 0.340 e. The maximum absolute atomic E-state index is 12.1. The zero-order valence-corrected chi connectivity index (χ0v) is 13.4. The van der Waals surface area contributed by atoms with Crippen LogP contribution < -0.4 is 5.56 Å². The van der Waals surface area contributed by atoms with E-state index in [1.165, 1.54) is 23.5 Å². The third kappa shape index (κ3) is 3.12. The molecule has 0 fully saturated rings. The Balaban J connectivity index is 1.81. The quantitative estimate of drug-likeness (QED) is 0.431. The Kier molecular flexibility index (Phi) is 4.28. The van der Waals surface area contributed by atoms with Crippen molar-refractivity contribution >= 4 is 44.8 Å². The van der Waals surface area contributed by atoms with Crippen molar-refractivity contribution in [2.75, 3.05) is 0 Å². The van der Waals surface area contributed by atoms with Crippen LogP contribution in [0, 0.1) is 10.1 Å². The molecule has 0 unspecified atom stereocenters. The van der Waals surface area contributed by atoms with Gasteiger partial charge >= 0.3 is 5.97 Å². The van der Waals surface area contributed by atoms with Crippen LogP contribution in [0.25, 0.3) is 10.2 Å². The lowest BCUT2D eigenvalue weighted by Gasteiger charge is -2.06. The van der Waals surface area contributed by atoms with Gasteiger partial charge in [-0.1, -0.05) is 11.6 Å². The fraction of sp³-hybridized carbons (Fsp3) is 0.0714. The van der Waals surface area contributed by atoms with E-state index in [1.54, 1.807) is 11.4 Å². The SMILES string of the molecule is O=C(OCc1nc2ccsc2c(=O)[nH]1)c1cc([N+](=O)[O-])ccc1Cl. The number of hydrogen-bond acceptors (Lipinski definition) is 7. The van der Waals surface area contributed by atoms with Gasteiger partial charge < -0.3 is 9.72 Å². The van der Waals surface area contributed by atoms with Crippen LogP contribution in [0.1, 0.15) is 16.2 Å². The second-order valence-electron chi connectivity index (χ2n) is 4.64. The van der Waals surface area contributed by atoms with Gasteiger partial charge in [0.05, 0.1) is 21.0 Å². The molecule has 0 aliphatic rings. The number of halogens is 1. The van der Waals surface area contributed by atoms with Crippen LogP contribution in [0.5, 0.6) is 0 Å². The fourth-order valence-corrected chi connectivity index (χ4v) is 2.91. The summed E-state index contributed by atoms with van der Waals surface area (Å²) in [6.07, 6.45) is 0. The molecular weight excluding hydrogens is 358 g/mol. The minimum Gasteiger partial charge on any atom is -0.454 e. The molecule has 3 aromatic rings. The Morgan fingerprint density at radius 1 is 1.42 bits per heavy atom. The molecule has 3 rings (SSSR count). The number of nitro benzene ring substituents is 1. The molecule has 8 nitrogen and oxygen atoms in total. The van der Waals surface area contributed by atoms with E-state index in [0.717, 1.165) is 6.07 Å². The van der Waals surface area contributed by atoms with Crippen LogP contribution >= 0.6 is 22.9 Å². The Morgan fingerprint density at radius 3 is 2.96 bits per heavy atom. The Labute approximate surface area is 142 Å². The Bertz CT molecular complexity index is 1010. The summed E-state index contributed by atoms with van der Waals surface area (Å²) in [6.45, 7) is -0.293. The predicted octanol–water partition coefficient (Wildman–Crippen LogP) is 2.90. The van der Waals surface area contributed by atoms with Crippen molar-refractivity contribution < 1.29 is 14.5 Å². The van der Waals surface area contributed by atoms with Gasteiger partial charge in [-0.25, -0.2) is 9.78 Å². The second kappa shape index (κ2) is 6.38. The molecule has 0 spiro atoms. The first-order valence-corrected chi connectivity index (χ1v) is 7.79. The number of benzene rings is 1. The molecule has 1 aromatic carbocycles. The van der Waals surface area contributed by atoms with Crippen molar-refractivity contribution in [1.29, 1.82) is 0 Å². The summed E-state index contributed by atoms with van der Waals surface area (Å²) >= 11 is 7.13. The van der Waals surface area contributed by atoms with Gasteiger partial charge in [0.1, 0.15) is 17.1 Å². The number of ether oxygens (including phenoxy) is 1. The molecule has 2 aromatic heterocycles. The number of non-ortho nitro benzene ring substituents is 1. The van der Waals surface area contributed by atoms with E-state index in [1.807, 2.05) is 0 Å². The van der Waals surface area contributed by atoms with Gasteiger partial charge in [0.25, 0.3) is 11.2 Å². The molecule has 0 saturated carbocycles. The highest BCUT2D eigenvalue weighted by Crippen LogP contribution is 2.23. The van der Waals surface area contributed by atoms with E-state index in [-0.39, 0.29) is 34.3 Å². The van der Waals surface area contributed by atoms with Crippen LogP contribution in [0.4, 0.5) is 5.69 Å². The summed E-state index contributed by atoms with van der Waals surface area (Å²) in [5.41, 5.74) is -0.236. The first kappa shape index (κ1) is 16.1. The average Bonchev–Trinajstić information content (AvgIpc) is 3.02. The van der Waals surface area contributed by atoms with Gasteiger partial charge in [-0.3, -0.25) is 14.9 Å². The highest BCUT2D eigenvalue weighted by molar-refractivity contribution is 7.17. The minimum atomic E-state index is -0.850. The first-order chi connectivity index (χ1) is 11.5. The number of thiophene rings is 1. The maximum atomic E-state index is 12.1. The van der Waals surface area contributed by atoms with Crippen LogP contribution in [0.3, 0.4) is 0 Å². The number of carbonyl (C=O) groups is 1. The molecule has 24 heavy (non-hydrogen) atoms. The summed E-state index contributed by atoms with van der Waals surface area (Å²) in [4.78, 5) is 40.7. The lowest BCUT2D eigenvalue weighted by molar-refractivity contribution is -0.384. The Hall–Kier alpha value is -2.78. The number of carbonyl (C=O) groups excluding carboxylic acids is 1. The van der Waals surface area contributed by atoms with Gasteiger partial charge in [-0.2, -0.15) is 0 Å². The number of nitrogens with zero attached hydrogens (tertiary/aromatic N) is 2. The standard InChI is InChI=1S/C14H8ClN3O5S/c15-9-2-1-7(18(21)22)5-8(9)14(20)23-6-11-16-10-3-4-24-12(10)13(19)17-11/h1-5H,6H2,(H,16,17,19). The van der Waals surface area contributed by atoms with Crippen molar-refractivity contribution in [3.63, 3.8) is 0 Å². The summed E-state index contributed by atoms with van der Waals surface area (Å²) in [7, 11) is 0. The number of H-pyrrole nitrogens is 1. The predicted molar refractivity (Wildman–Crippen MR) is 87.5 cm³/mol. The summed E-state index contributed by atoms with van der Waals surface area (Å²) in [5.74, 6) is -0.683. The van der Waals surface area contributed by atoms with E-state index in [0.29, 0.717) is 10.2 Å². The third-order valence-electron chi connectivity index (χ3n) is 3.08. The minimum absolute atomic E-state index is 0.0281. The average molecular weight is 366 g/mol. The van der Waals surface area contributed by atoms with Gasteiger partial charge in [0, 0.05) is 12.1 Å². The molecule has 2 heterocycles. The number of aromatic amines is 1. The summed E-state index contributed by atoms with van der Waals surface area (Å²) < 4.78 is 5.51. The lowest BCUT2D eigenvalue weighted by atomic mass is 10.2. The molecule has 0 aliphatic heterocycles. The van der Waals surface area contributed by atoms with Crippen molar-refractivity contribution in [3.8, 4) is 0 Å². The molecule has 0 radical (unpaired) electrons. The van der Waals surface area contributed by atoms with Crippen LogP contribution in [0.15, 0.2) is 34.4 Å². The van der Waals surface area contributed by atoms with E-state index in [2.05, 4.69) is 9.97 Å². The monoisotopic (exact) mass is 365 g/mol. The zero-order chi connectivity index (χ0) is 17.3. The molecule has 10 heteroatoms. The highest BCUT2D eigenvalue weighted by atomic mass is 35.5. The highest BCUT2D eigenvalue weighted by Gasteiger charge is 2.17. The van der Waals surface area contributed by atoms with Crippen molar-refractivity contribution in [1.82, 2.24) is 9.97 Å². The van der Waals surface area contributed by atoms with Gasteiger partial charge in [0.15, 0.2) is 0 Å². The van der Waals surface area contributed by atoms with Crippen LogP contribution in [-0.4, -0.2) is 20.9 Å². The number of rotatable bonds is 4. The molecule has 1 N–H and O–H groups in total. The molecule has 0 bridgehead atoms. The number of hydrogen-bond donors (Lipinski definition) is 1. The van der Waals surface area contributed by atoms with Gasteiger partial charge in [-0.05, 0) is 17.5 Å². The molecule has 0 saturated heterocycles. The van der Waals surface area contributed by atoms with E-state index in [9.17, 15) is 19.7 Å². The normalized spacial score (nSPS) is 10.7. The fourth-order valence-electron chi connectivity index (χ4n) is 1.98. The van der Waals surface area contributed by atoms with Gasteiger partial charge in [0.2, 0.25) is 0 Å². The largest absolute Gasteiger partial charge is 0.454 e. The van der Waals surface area contributed by atoms with Crippen LogP contribution in [0.2, 0.25) is 5.02 Å². The number of nitrogens with one attached hydrogen (secondary N) is 1. The van der Waals surface area contributed by atoms with Crippen LogP contribution in [-0.2, 0) is 11.3 Å². The van der Waals surface area contributed by atoms with Crippen molar-refractivity contribution in [3.05, 3.63) is 66.5 Å². The summed E-state index contributed by atoms with van der Waals surface area (Å²) in [6, 6.07) is 5.14. The van der Waals surface area contributed by atoms with E-state index in [4.69, 9.17) is 16.3 Å². The number of nitro groups is 1. The molecule has 0 atom stereocenters. The number of esters is 1. The van der Waals surface area contributed by atoms with Crippen molar-refractivity contribution in [2.45, 2.75) is 6.61 Å². The van der Waals surface area contributed by atoms with Crippen molar-refractivity contribution in [2.24, 2.45) is 0 Å². The number of fused-ring (bicyclic) bond motifs is 1. The van der Waals surface area contributed by atoms with E-state index < -0.39 is 10.9 Å². The number of aromatic nitrogens is 2. The molecular formula is C14H8ClN3O5S. The van der Waals surface area contributed by atoms with E-state index >= 15 is 0 Å². The second-order valence-corrected chi connectivity index (χ2v) is 5.97. The summed E-state index contributed by atoms with van der Waals surface area (Å²) in [5, 5.41) is 12.5. The third-order valence-corrected chi connectivity index (χ3v) is 4.32.